The lowest BCUT2D eigenvalue weighted by atomic mass is 10.00. The van der Waals surface area contributed by atoms with E-state index in [0.717, 1.165) is 42.9 Å². The van der Waals surface area contributed by atoms with Crippen molar-refractivity contribution in [2.45, 2.75) is 19.5 Å². The molecule has 1 aliphatic rings. The molecule has 0 saturated heterocycles. The lowest BCUT2D eigenvalue weighted by Crippen LogP contribution is -2.35. The number of nitrogens with zero attached hydrogens (tertiary/aromatic N) is 1. The van der Waals surface area contributed by atoms with E-state index < -0.39 is 0 Å². The summed E-state index contributed by atoms with van der Waals surface area (Å²) in [7, 11) is 1.69. The molecule has 1 heterocycles. The molecule has 0 fully saturated rings. The van der Waals surface area contributed by atoms with E-state index in [1.165, 1.54) is 23.1 Å². The molecule has 3 nitrogen and oxygen atoms in total. The molecular weight excluding hydrogens is 352 g/mol. The summed E-state index contributed by atoms with van der Waals surface area (Å²) in [6.45, 7) is 5.21. The van der Waals surface area contributed by atoms with Gasteiger partial charge in [-0.3, -0.25) is 4.90 Å². The highest BCUT2D eigenvalue weighted by atomic mass is 79.9. The number of methoxy groups -OCH3 is 1. The van der Waals surface area contributed by atoms with Gasteiger partial charge in [-0.25, -0.2) is 0 Å². The van der Waals surface area contributed by atoms with Gasteiger partial charge >= 0.3 is 0 Å². The van der Waals surface area contributed by atoms with E-state index in [-0.39, 0.29) is 0 Å². The molecule has 1 aliphatic heterocycles. The van der Waals surface area contributed by atoms with Crippen molar-refractivity contribution in [3.8, 4) is 5.75 Å². The average Bonchev–Trinajstić information content (AvgIpc) is 2.59. The molecule has 0 atom stereocenters. The van der Waals surface area contributed by atoms with Crippen molar-refractivity contribution in [2.75, 3.05) is 26.7 Å². The third kappa shape index (κ3) is 4.34. The van der Waals surface area contributed by atoms with E-state index in [1.807, 2.05) is 6.07 Å². The van der Waals surface area contributed by atoms with Gasteiger partial charge < -0.3 is 10.1 Å². The Bertz CT molecular complexity index is 660. The Hall–Kier alpha value is -1.36. The van der Waals surface area contributed by atoms with Crippen molar-refractivity contribution in [3.05, 3.63) is 63.6 Å². The molecule has 122 valence electrons. The van der Waals surface area contributed by atoms with Crippen molar-refractivity contribution in [1.82, 2.24) is 10.2 Å². The zero-order valence-electron chi connectivity index (χ0n) is 13.5. The predicted molar refractivity (Wildman–Crippen MR) is 97.8 cm³/mol. The Kier molecular flexibility index (Phi) is 5.70. The second-order valence-electron chi connectivity index (χ2n) is 5.94. The zero-order chi connectivity index (χ0) is 16.1. The van der Waals surface area contributed by atoms with Gasteiger partial charge in [0, 0.05) is 32.7 Å². The van der Waals surface area contributed by atoms with Crippen LogP contribution >= 0.6 is 15.9 Å². The van der Waals surface area contributed by atoms with Gasteiger partial charge in [-0.15, -0.1) is 0 Å². The van der Waals surface area contributed by atoms with Crippen LogP contribution < -0.4 is 10.1 Å². The normalized spacial score (nSPS) is 14.5. The zero-order valence-corrected chi connectivity index (χ0v) is 15.1. The maximum absolute atomic E-state index is 5.26. The quantitative estimate of drug-likeness (QED) is 0.781. The van der Waals surface area contributed by atoms with Gasteiger partial charge in [0.25, 0.3) is 0 Å². The maximum atomic E-state index is 5.26. The van der Waals surface area contributed by atoms with Crippen LogP contribution in [0.4, 0.5) is 0 Å². The highest BCUT2D eigenvalue weighted by Crippen LogP contribution is 2.25. The van der Waals surface area contributed by atoms with Crippen molar-refractivity contribution in [3.63, 3.8) is 0 Å². The van der Waals surface area contributed by atoms with Gasteiger partial charge in [0.2, 0.25) is 0 Å². The minimum absolute atomic E-state index is 0.876. The number of ether oxygens (including phenoxy) is 1. The summed E-state index contributed by atoms with van der Waals surface area (Å²) >= 11 is 3.53. The Balaban J connectivity index is 1.43. The Morgan fingerprint density at radius 3 is 2.78 bits per heavy atom. The summed E-state index contributed by atoms with van der Waals surface area (Å²) in [4.78, 5) is 2.53. The molecule has 4 heteroatoms. The summed E-state index contributed by atoms with van der Waals surface area (Å²) in [6.07, 6.45) is 1.17. The number of nitrogens with one attached hydrogen (secondary N) is 1. The highest BCUT2D eigenvalue weighted by Gasteiger charge is 2.14. The van der Waals surface area contributed by atoms with Gasteiger partial charge in [0.05, 0.1) is 11.6 Å². The summed E-state index contributed by atoms with van der Waals surface area (Å²) < 4.78 is 6.27. The topological polar surface area (TPSA) is 24.5 Å². The molecule has 2 aromatic rings. The lowest BCUT2D eigenvalue weighted by Gasteiger charge is -2.28. The van der Waals surface area contributed by atoms with E-state index in [2.05, 4.69) is 62.5 Å². The smallest absolute Gasteiger partial charge is 0.133 e. The Morgan fingerprint density at radius 1 is 1.17 bits per heavy atom. The lowest BCUT2D eigenvalue weighted by molar-refractivity contribution is 0.254. The van der Waals surface area contributed by atoms with Gasteiger partial charge in [0.15, 0.2) is 0 Å². The summed E-state index contributed by atoms with van der Waals surface area (Å²) in [5.41, 5.74) is 4.26. The number of rotatable bonds is 6. The maximum Gasteiger partial charge on any atom is 0.133 e. The first-order chi connectivity index (χ1) is 11.3. The van der Waals surface area contributed by atoms with Crippen LogP contribution in [-0.4, -0.2) is 31.6 Å². The van der Waals surface area contributed by atoms with Gasteiger partial charge in [-0.1, -0.05) is 30.3 Å². The molecular formula is C19H23BrN2O. The largest absolute Gasteiger partial charge is 0.496 e. The van der Waals surface area contributed by atoms with Crippen LogP contribution in [0.3, 0.4) is 0 Å². The average molecular weight is 375 g/mol. The molecule has 2 aromatic carbocycles. The molecule has 0 aliphatic carbocycles. The van der Waals surface area contributed by atoms with E-state index in [4.69, 9.17) is 4.74 Å². The number of hydrogen-bond donors (Lipinski definition) is 1. The number of benzene rings is 2. The molecule has 0 amide bonds. The third-order valence-electron chi connectivity index (χ3n) is 4.36. The fraction of sp³-hybridized carbons (Fsp3) is 0.368. The molecule has 0 saturated carbocycles. The van der Waals surface area contributed by atoms with Gasteiger partial charge in [-0.05, 0) is 51.2 Å². The minimum Gasteiger partial charge on any atom is -0.496 e. The highest BCUT2D eigenvalue weighted by molar-refractivity contribution is 9.10. The minimum atomic E-state index is 0.876. The summed E-state index contributed by atoms with van der Waals surface area (Å²) in [5, 5.41) is 3.53. The van der Waals surface area contributed by atoms with Crippen LogP contribution in [0.15, 0.2) is 46.9 Å². The molecule has 3 rings (SSSR count). The first-order valence-electron chi connectivity index (χ1n) is 8.08. The number of halogens is 1. The Labute approximate surface area is 146 Å². The van der Waals surface area contributed by atoms with E-state index in [1.54, 1.807) is 7.11 Å². The predicted octanol–water partition coefficient (Wildman–Crippen LogP) is 3.61. The van der Waals surface area contributed by atoms with Crippen LogP contribution in [0, 0.1) is 0 Å². The van der Waals surface area contributed by atoms with Crippen LogP contribution in [0.5, 0.6) is 5.75 Å². The Morgan fingerprint density at radius 2 is 2.00 bits per heavy atom. The monoisotopic (exact) mass is 374 g/mol. The first-order valence-corrected chi connectivity index (χ1v) is 8.88. The molecule has 0 spiro atoms. The van der Waals surface area contributed by atoms with Crippen LogP contribution in [0.1, 0.15) is 16.7 Å². The van der Waals surface area contributed by atoms with Gasteiger partial charge in [0.1, 0.15) is 5.75 Å². The van der Waals surface area contributed by atoms with Gasteiger partial charge in [-0.2, -0.15) is 0 Å². The molecule has 0 unspecified atom stereocenters. The van der Waals surface area contributed by atoms with Crippen molar-refractivity contribution in [2.24, 2.45) is 0 Å². The third-order valence-corrected chi connectivity index (χ3v) is 4.98. The van der Waals surface area contributed by atoms with Crippen molar-refractivity contribution < 1.29 is 4.74 Å². The second-order valence-corrected chi connectivity index (χ2v) is 6.79. The molecule has 1 N–H and O–H groups in total. The second kappa shape index (κ2) is 7.95. The molecule has 0 bridgehead atoms. The fourth-order valence-corrected chi connectivity index (χ4v) is 3.62. The van der Waals surface area contributed by atoms with Crippen molar-refractivity contribution >= 4 is 15.9 Å². The number of fused-ring (bicyclic) bond motifs is 1. The summed E-state index contributed by atoms with van der Waals surface area (Å²) in [5.74, 6) is 0.876. The molecule has 23 heavy (non-hydrogen) atoms. The molecule has 0 radical (unpaired) electrons. The SMILES string of the molecule is COc1ccc(CNCCN2CCc3ccccc3C2)cc1Br. The molecule has 0 aromatic heterocycles. The fourth-order valence-electron chi connectivity index (χ4n) is 3.03. The van der Waals surface area contributed by atoms with Crippen LogP contribution in [0.2, 0.25) is 0 Å². The van der Waals surface area contributed by atoms with Crippen LogP contribution in [0.25, 0.3) is 0 Å². The van der Waals surface area contributed by atoms with E-state index in [9.17, 15) is 0 Å². The van der Waals surface area contributed by atoms with Crippen molar-refractivity contribution in [1.29, 1.82) is 0 Å². The standard InChI is InChI=1S/C19H23BrN2O/c1-23-19-7-6-15(12-18(19)20)13-21-9-11-22-10-8-16-4-2-3-5-17(16)14-22/h2-7,12,21H,8-11,13-14H2,1H3. The van der Waals surface area contributed by atoms with E-state index >= 15 is 0 Å². The van der Waals surface area contributed by atoms with Crippen LogP contribution in [-0.2, 0) is 19.5 Å². The summed E-state index contributed by atoms with van der Waals surface area (Å²) in [6, 6.07) is 15.0. The number of hydrogen-bond acceptors (Lipinski definition) is 3. The first kappa shape index (κ1) is 16.5. The van der Waals surface area contributed by atoms with E-state index in [0.29, 0.717) is 0 Å².